The van der Waals surface area contributed by atoms with E-state index in [0.717, 1.165) is 58.4 Å². The standard InChI is InChI=1S/C15H29ClN2O/c1-3-5-7-14(4-2)15(19)18-10-6-9-17(11-8-16)12-13-18/h14H,3-13H2,1-2H3. The van der Waals surface area contributed by atoms with E-state index < -0.39 is 0 Å². The number of nitrogens with zero attached hydrogens (tertiary/aromatic N) is 2. The van der Waals surface area contributed by atoms with Gasteiger partial charge in [-0.25, -0.2) is 0 Å². The van der Waals surface area contributed by atoms with E-state index in [2.05, 4.69) is 23.6 Å². The first-order valence-corrected chi connectivity index (χ1v) is 8.33. The molecule has 1 unspecified atom stereocenters. The van der Waals surface area contributed by atoms with E-state index in [1.807, 2.05) is 0 Å². The summed E-state index contributed by atoms with van der Waals surface area (Å²) in [5.74, 6) is 1.30. The van der Waals surface area contributed by atoms with Crippen molar-refractivity contribution >= 4 is 17.5 Å². The molecule has 112 valence electrons. The van der Waals surface area contributed by atoms with Crippen molar-refractivity contribution in [3.63, 3.8) is 0 Å². The zero-order valence-corrected chi connectivity index (χ0v) is 13.3. The molecule has 0 aromatic carbocycles. The van der Waals surface area contributed by atoms with Crippen LogP contribution in [0.1, 0.15) is 46.0 Å². The van der Waals surface area contributed by atoms with E-state index in [4.69, 9.17) is 11.6 Å². The molecule has 1 aliphatic rings. The molecule has 0 aromatic heterocycles. The van der Waals surface area contributed by atoms with Crippen LogP contribution in [0.3, 0.4) is 0 Å². The maximum atomic E-state index is 12.5. The molecule has 1 aliphatic heterocycles. The van der Waals surface area contributed by atoms with Gasteiger partial charge in [0.1, 0.15) is 0 Å². The van der Waals surface area contributed by atoms with Crippen LogP contribution in [0.2, 0.25) is 0 Å². The Morgan fingerprint density at radius 1 is 1.21 bits per heavy atom. The molecule has 0 aromatic rings. The molecule has 1 saturated heterocycles. The zero-order valence-electron chi connectivity index (χ0n) is 12.5. The predicted octanol–water partition coefficient (Wildman–Crippen LogP) is 2.98. The average molecular weight is 289 g/mol. The molecule has 1 rings (SSSR count). The second kappa shape index (κ2) is 9.60. The number of halogens is 1. The minimum atomic E-state index is 0.236. The van der Waals surface area contributed by atoms with Gasteiger partial charge in [0.25, 0.3) is 0 Å². The number of rotatable bonds is 7. The van der Waals surface area contributed by atoms with E-state index in [9.17, 15) is 4.79 Å². The minimum absolute atomic E-state index is 0.236. The van der Waals surface area contributed by atoms with Gasteiger partial charge in [-0.05, 0) is 25.8 Å². The zero-order chi connectivity index (χ0) is 14.1. The Balaban J connectivity index is 2.46. The van der Waals surface area contributed by atoms with Gasteiger partial charge in [-0.3, -0.25) is 4.79 Å². The minimum Gasteiger partial charge on any atom is -0.341 e. The van der Waals surface area contributed by atoms with Crippen LogP contribution in [0.15, 0.2) is 0 Å². The van der Waals surface area contributed by atoms with Crippen molar-refractivity contribution in [1.82, 2.24) is 9.80 Å². The Kier molecular flexibility index (Phi) is 8.47. The molecule has 0 radical (unpaired) electrons. The van der Waals surface area contributed by atoms with Gasteiger partial charge in [0.15, 0.2) is 0 Å². The van der Waals surface area contributed by atoms with E-state index in [1.54, 1.807) is 0 Å². The largest absolute Gasteiger partial charge is 0.341 e. The van der Waals surface area contributed by atoms with Gasteiger partial charge in [-0.15, -0.1) is 11.6 Å². The Hall–Kier alpha value is -0.280. The van der Waals surface area contributed by atoms with Crippen molar-refractivity contribution < 1.29 is 4.79 Å². The highest BCUT2D eigenvalue weighted by Crippen LogP contribution is 2.17. The maximum absolute atomic E-state index is 12.5. The van der Waals surface area contributed by atoms with Crippen LogP contribution in [0.5, 0.6) is 0 Å². The van der Waals surface area contributed by atoms with Crippen molar-refractivity contribution in [2.75, 3.05) is 38.6 Å². The summed E-state index contributed by atoms with van der Waals surface area (Å²) in [7, 11) is 0. The monoisotopic (exact) mass is 288 g/mol. The molecule has 4 heteroatoms. The lowest BCUT2D eigenvalue weighted by atomic mass is 9.97. The Labute approximate surface area is 123 Å². The van der Waals surface area contributed by atoms with Crippen molar-refractivity contribution in [1.29, 1.82) is 0 Å². The Bertz CT molecular complexity index is 261. The molecule has 0 bridgehead atoms. The van der Waals surface area contributed by atoms with Crippen LogP contribution < -0.4 is 0 Å². The molecule has 0 N–H and O–H groups in total. The van der Waals surface area contributed by atoms with Crippen LogP contribution in [-0.4, -0.2) is 54.3 Å². The molecule has 3 nitrogen and oxygen atoms in total. The summed E-state index contributed by atoms with van der Waals surface area (Å²) >= 11 is 5.79. The van der Waals surface area contributed by atoms with Crippen molar-refractivity contribution in [3.05, 3.63) is 0 Å². The lowest BCUT2D eigenvalue weighted by molar-refractivity contribution is -0.135. The Morgan fingerprint density at radius 2 is 2.00 bits per heavy atom. The van der Waals surface area contributed by atoms with E-state index in [0.29, 0.717) is 11.8 Å². The molecular formula is C15H29ClN2O. The lowest BCUT2D eigenvalue weighted by Gasteiger charge is -2.26. The van der Waals surface area contributed by atoms with Crippen LogP contribution >= 0.6 is 11.6 Å². The third-order valence-electron chi connectivity index (χ3n) is 4.05. The number of amides is 1. The van der Waals surface area contributed by atoms with Crippen molar-refractivity contribution in [3.8, 4) is 0 Å². The third kappa shape index (κ3) is 5.70. The number of carbonyl (C=O) groups is 1. The fourth-order valence-electron chi connectivity index (χ4n) is 2.75. The lowest BCUT2D eigenvalue weighted by Crippen LogP contribution is -2.39. The molecule has 19 heavy (non-hydrogen) atoms. The summed E-state index contributed by atoms with van der Waals surface area (Å²) in [6.45, 7) is 9.10. The Morgan fingerprint density at radius 3 is 2.63 bits per heavy atom. The van der Waals surface area contributed by atoms with Crippen LogP contribution in [0.25, 0.3) is 0 Å². The highest BCUT2D eigenvalue weighted by molar-refractivity contribution is 6.18. The summed E-state index contributed by atoms with van der Waals surface area (Å²) in [4.78, 5) is 17.0. The van der Waals surface area contributed by atoms with Crippen LogP contribution in [-0.2, 0) is 4.79 Å². The van der Waals surface area contributed by atoms with Gasteiger partial charge in [0.05, 0.1) is 0 Å². The van der Waals surface area contributed by atoms with E-state index in [-0.39, 0.29) is 5.92 Å². The van der Waals surface area contributed by atoms with Gasteiger partial charge in [-0.1, -0.05) is 26.7 Å². The highest BCUT2D eigenvalue weighted by atomic mass is 35.5. The summed E-state index contributed by atoms with van der Waals surface area (Å²) in [5.41, 5.74) is 0. The fourth-order valence-corrected chi connectivity index (χ4v) is 2.98. The average Bonchev–Trinajstić information content (AvgIpc) is 2.65. The van der Waals surface area contributed by atoms with E-state index in [1.165, 1.54) is 6.42 Å². The van der Waals surface area contributed by atoms with Crippen LogP contribution in [0, 0.1) is 5.92 Å². The predicted molar refractivity (Wildman–Crippen MR) is 81.7 cm³/mol. The molecular weight excluding hydrogens is 260 g/mol. The van der Waals surface area contributed by atoms with Gasteiger partial charge >= 0.3 is 0 Å². The number of hydrogen-bond acceptors (Lipinski definition) is 2. The maximum Gasteiger partial charge on any atom is 0.225 e. The number of carbonyl (C=O) groups excluding carboxylic acids is 1. The molecule has 1 atom stereocenters. The topological polar surface area (TPSA) is 23.6 Å². The summed E-state index contributed by atoms with van der Waals surface area (Å²) < 4.78 is 0. The molecule has 1 fully saturated rings. The van der Waals surface area contributed by atoms with Gasteiger partial charge in [0.2, 0.25) is 5.91 Å². The van der Waals surface area contributed by atoms with Gasteiger partial charge < -0.3 is 9.80 Å². The second-order valence-corrected chi connectivity index (χ2v) is 5.83. The van der Waals surface area contributed by atoms with Gasteiger partial charge in [0, 0.05) is 38.0 Å². The van der Waals surface area contributed by atoms with E-state index >= 15 is 0 Å². The fraction of sp³-hybridized carbons (Fsp3) is 0.933. The summed E-state index contributed by atoms with van der Waals surface area (Å²) in [6, 6.07) is 0. The first kappa shape index (κ1) is 16.8. The molecule has 1 amide bonds. The number of alkyl halides is 1. The first-order valence-electron chi connectivity index (χ1n) is 7.80. The SMILES string of the molecule is CCCCC(CC)C(=O)N1CCCN(CCCl)CC1. The smallest absolute Gasteiger partial charge is 0.225 e. The molecule has 1 heterocycles. The number of hydrogen-bond donors (Lipinski definition) is 0. The van der Waals surface area contributed by atoms with Crippen LogP contribution in [0.4, 0.5) is 0 Å². The number of unbranched alkanes of at least 4 members (excludes halogenated alkanes) is 1. The van der Waals surface area contributed by atoms with Crippen molar-refractivity contribution in [2.45, 2.75) is 46.0 Å². The molecule has 0 aliphatic carbocycles. The molecule has 0 saturated carbocycles. The highest BCUT2D eigenvalue weighted by Gasteiger charge is 2.24. The van der Waals surface area contributed by atoms with Gasteiger partial charge in [-0.2, -0.15) is 0 Å². The summed E-state index contributed by atoms with van der Waals surface area (Å²) in [6.07, 6.45) is 5.44. The summed E-state index contributed by atoms with van der Waals surface area (Å²) in [5, 5.41) is 0. The van der Waals surface area contributed by atoms with Crippen molar-refractivity contribution in [2.24, 2.45) is 5.92 Å². The quantitative estimate of drug-likeness (QED) is 0.673. The second-order valence-electron chi connectivity index (χ2n) is 5.46. The third-order valence-corrected chi connectivity index (χ3v) is 4.22. The molecule has 0 spiro atoms. The first-order chi connectivity index (χ1) is 9.22. The normalized spacial score (nSPS) is 19.2.